The molecule has 4 rings (SSSR count). The van der Waals surface area contributed by atoms with Crippen molar-refractivity contribution in [3.05, 3.63) is 78.5 Å². The molecule has 28 heavy (non-hydrogen) atoms. The van der Waals surface area contributed by atoms with Gasteiger partial charge in [-0.1, -0.05) is 29.4 Å². The highest BCUT2D eigenvalue weighted by molar-refractivity contribution is 6.06. The van der Waals surface area contributed by atoms with Crippen LogP contribution in [0.25, 0.3) is 23.0 Å². The number of carbonyl (C=O) groups is 1. The largest absolute Gasteiger partial charge is 0.497 e. The van der Waals surface area contributed by atoms with Gasteiger partial charge in [-0.2, -0.15) is 4.98 Å². The number of methoxy groups -OCH3 is 1. The number of pyridine rings is 1. The van der Waals surface area contributed by atoms with E-state index in [1.165, 1.54) is 0 Å². The minimum absolute atomic E-state index is 0.268. The molecule has 0 unspecified atom stereocenters. The van der Waals surface area contributed by atoms with Crippen molar-refractivity contribution in [3.8, 4) is 28.7 Å². The van der Waals surface area contributed by atoms with E-state index in [4.69, 9.17) is 9.26 Å². The SMILES string of the molecule is COc1cccc(C(=O)Nc2ccccc2-c2nc(-c3ccccn3)no2)c1. The Morgan fingerprint density at radius 3 is 2.71 bits per heavy atom. The number of aromatic nitrogens is 3. The first kappa shape index (κ1) is 17.4. The minimum atomic E-state index is -0.268. The maximum Gasteiger partial charge on any atom is 0.260 e. The smallest absolute Gasteiger partial charge is 0.260 e. The summed E-state index contributed by atoms with van der Waals surface area (Å²) >= 11 is 0. The van der Waals surface area contributed by atoms with Crippen molar-refractivity contribution in [2.75, 3.05) is 12.4 Å². The molecule has 0 aliphatic carbocycles. The summed E-state index contributed by atoms with van der Waals surface area (Å²) in [5.74, 6) is 1.01. The van der Waals surface area contributed by atoms with Crippen LogP contribution in [0.3, 0.4) is 0 Å². The van der Waals surface area contributed by atoms with Gasteiger partial charge in [0.1, 0.15) is 11.4 Å². The molecule has 1 N–H and O–H groups in total. The summed E-state index contributed by atoms with van der Waals surface area (Å²) in [4.78, 5) is 21.3. The molecule has 2 aromatic carbocycles. The molecule has 2 heterocycles. The van der Waals surface area contributed by atoms with E-state index in [-0.39, 0.29) is 5.91 Å². The van der Waals surface area contributed by atoms with Crippen molar-refractivity contribution >= 4 is 11.6 Å². The highest BCUT2D eigenvalue weighted by Gasteiger charge is 2.16. The van der Waals surface area contributed by atoms with Crippen LogP contribution in [-0.2, 0) is 0 Å². The number of anilines is 1. The van der Waals surface area contributed by atoms with Crippen LogP contribution in [0.4, 0.5) is 5.69 Å². The molecule has 0 aliphatic rings. The molecule has 138 valence electrons. The Kier molecular flexibility index (Phi) is 4.79. The van der Waals surface area contributed by atoms with Gasteiger partial charge in [-0.25, -0.2) is 0 Å². The van der Waals surface area contributed by atoms with Gasteiger partial charge in [0.05, 0.1) is 18.4 Å². The van der Waals surface area contributed by atoms with Crippen LogP contribution in [-0.4, -0.2) is 28.1 Å². The number of benzene rings is 2. The molecule has 2 aromatic heterocycles. The van der Waals surface area contributed by atoms with E-state index in [0.717, 1.165) is 0 Å². The predicted molar refractivity (Wildman–Crippen MR) is 104 cm³/mol. The van der Waals surface area contributed by atoms with Gasteiger partial charge in [-0.3, -0.25) is 9.78 Å². The zero-order valence-electron chi connectivity index (χ0n) is 15.0. The molecule has 0 saturated heterocycles. The number of para-hydroxylation sites is 1. The van der Waals surface area contributed by atoms with Crippen LogP contribution in [0, 0.1) is 0 Å². The number of amides is 1. The Hall–Kier alpha value is -4.00. The van der Waals surface area contributed by atoms with E-state index >= 15 is 0 Å². The Bertz CT molecular complexity index is 1110. The highest BCUT2D eigenvalue weighted by Crippen LogP contribution is 2.28. The zero-order valence-corrected chi connectivity index (χ0v) is 15.0. The van der Waals surface area contributed by atoms with Crippen LogP contribution in [0.15, 0.2) is 77.4 Å². The maximum atomic E-state index is 12.6. The molecule has 0 saturated carbocycles. The predicted octanol–water partition coefficient (Wildman–Crippen LogP) is 4.06. The first-order chi connectivity index (χ1) is 13.7. The number of hydrogen-bond donors (Lipinski definition) is 1. The van der Waals surface area contributed by atoms with Crippen molar-refractivity contribution in [3.63, 3.8) is 0 Å². The van der Waals surface area contributed by atoms with E-state index in [1.54, 1.807) is 55.8 Å². The lowest BCUT2D eigenvalue weighted by molar-refractivity contribution is 0.102. The summed E-state index contributed by atoms with van der Waals surface area (Å²) < 4.78 is 10.6. The van der Waals surface area contributed by atoms with Gasteiger partial charge in [-0.15, -0.1) is 0 Å². The molecular weight excluding hydrogens is 356 g/mol. The maximum absolute atomic E-state index is 12.6. The van der Waals surface area contributed by atoms with E-state index in [0.29, 0.717) is 40.0 Å². The molecule has 0 aliphatic heterocycles. The average molecular weight is 372 g/mol. The number of nitrogens with zero attached hydrogens (tertiary/aromatic N) is 3. The molecule has 0 bridgehead atoms. The molecule has 7 heteroatoms. The second kappa shape index (κ2) is 7.71. The van der Waals surface area contributed by atoms with E-state index in [2.05, 4.69) is 20.4 Å². The lowest BCUT2D eigenvalue weighted by Crippen LogP contribution is -2.12. The summed E-state index contributed by atoms with van der Waals surface area (Å²) in [6.07, 6.45) is 1.66. The van der Waals surface area contributed by atoms with Crippen molar-refractivity contribution in [1.82, 2.24) is 15.1 Å². The van der Waals surface area contributed by atoms with Crippen molar-refractivity contribution in [2.45, 2.75) is 0 Å². The standard InChI is InChI=1S/C21H16N4O3/c1-27-15-8-6-7-14(13-15)20(26)23-17-10-3-2-9-16(17)21-24-19(25-28-21)18-11-4-5-12-22-18/h2-13H,1H3,(H,23,26). The quantitative estimate of drug-likeness (QED) is 0.568. The van der Waals surface area contributed by atoms with Gasteiger partial charge in [-0.05, 0) is 42.5 Å². The number of nitrogens with one attached hydrogen (secondary N) is 1. The van der Waals surface area contributed by atoms with Crippen molar-refractivity contribution in [1.29, 1.82) is 0 Å². The first-order valence-electron chi connectivity index (χ1n) is 8.54. The Morgan fingerprint density at radius 1 is 1.04 bits per heavy atom. The third-order valence-electron chi connectivity index (χ3n) is 4.06. The highest BCUT2D eigenvalue weighted by atomic mass is 16.5. The second-order valence-corrected chi connectivity index (χ2v) is 5.87. The third kappa shape index (κ3) is 3.59. The minimum Gasteiger partial charge on any atom is -0.497 e. The fourth-order valence-corrected chi connectivity index (χ4v) is 2.67. The molecule has 0 radical (unpaired) electrons. The molecule has 7 nitrogen and oxygen atoms in total. The van der Waals surface area contributed by atoms with Crippen LogP contribution in [0.5, 0.6) is 5.75 Å². The average Bonchev–Trinajstić information content (AvgIpc) is 3.25. The summed E-state index contributed by atoms with van der Waals surface area (Å²) in [6, 6.07) is 19.6. The number of hydrogen-bond acceptors (Lipinski definition) is 6. The monoisotopic (exact) mass is 372 g/mol. The van der Waals surface area contributed by atoms with Crippen LogP contribution >= 0.6 is 0 Å². The zero-order chi connectivity index (χ0) is 19.3. The molecule has 1 amide bonds. The molecule has 0 spiro atoms. The molecule has 0 fully saturated rings. The molecular formula is C21H16N4O3. The van der Waals surface area contributed by atoms with Crippen molar-refractivity contribution < 1.29 is 14.1 Å². The number of rotatable bonds is 5. The number of carbonyl (C=O) groups excluding carboxylic acids is 1. The van der Waals surface area contributed by atoms with Crippen LogP contribution in [0.2, 0.25) is 0 Å². The van der Waals surface area contributed by atoms with E-state index < -0.39 is 0 Å². The fraction of sp³-hybridized carbons (Fsp3) is 0.0476. The van der Waals surface area contributed by atoms with Gasteiger partial charge < -0.3 is 14.6 Å². The van der Waals surface area contributed by atoms with Crippen LogP contribution in [0.1, 0.15) is 10.4 Å². The summed E-state index contributed by atoms with van der Waals surface area (Å²) in [6.45, 7) is 0. The van der Waals surface area contributed by atoms with Gasteiger partial charge >= 0.3 is 0 Å². The normalized spacial score (nSPS) is 10.5. The lowest BCUT2D eigenvalue weighted by Gasteiger charge is -2.09. The number of ether oxygens (including phenoxy) is 1. The molecule has 4 aromatic rings. The molecule has 0 atom stereocenters. The van der Waals surface area contributed by atoms with Crippen LogP contribution < -0.4 is 10.1 Å². The third-order valence-corrected chi connectivity index (χ3v) is 4.06. The van der Waals surface area contributed by atoms with Gasteiger partial charge in [0.15, 0.2) is 0 Å². The lowest BCUT2D eigenvalue weighted by atomic mass is 10.1. The Labute approximate surface area is 161 Å². The topological polar surface area (TPSA) is 90.1 Å². The Morgan fingerprint density at radius 2 is 1.89 bits per heavy atom. The van der Waals surface area contributed by atoms with E-state index in [1.807, 2.05) is 24.3 Å². The van der Waals surface area contributed by atoms with Gasteiger partial charge in [0, 0.05) is 11.8 Å². The summed E-state index contributed by atoms with van der Waals surface area (Å²) in [5.41, 5.74) is 2.27. The van der Waals surface area contributed by atoms with Gasteiger partial charge in [0.25, 0.3) is 11.8 Å². The fourth-order valence-electron chi connectivity index (χ4n) is 2.67. The van der Waals surface area contributed by atoms with Gasteiger partial charge in [0.2, 0.25) is 5.82 Å². The summed E-state index contributed by atoms with van der Waals surface area (Å²) in [7, 11) is 1.56. The summed E-state index contributed by atoms with van der Waals surface area (Å²) in [5, 5.41) is 6.87. The van der Waals surface area contributed by atoms with Crippen molar-refractivity contribution in [2.24, 2.45) is 0 Å². The van der Waals surface area contributed by atoms with E-state index in [9.17, 15) is 4.79 Å². The Balaban J connectivity index is 1.62. The second-order valence-electron chi connectivity index (χ2n) is 5.87. The first-order valence-corrected chi connectivity index (χ1v) is 8.54.